The van der Waals surface area contributed by atoms with E-state index in [4.69, 9.17) is 4.52 Å². The van der Waals surface area contributed by atoms with E-state index in [9.17, 15) is 13.6 Å². The molecule has 0 bridgehead atoms. The average Bonchev–Trinajstić information content (AvgIpc) is 3.09. The molecule has 5 nitrogen and oxygen atoms in total. The third kappa shape index (κ3) is 2.60. The van der Waals surface area contributed by atoms with Gasteiger partial charge in [-0.05, 0) is 13.3 Å². The van der Waals surface area contributed by atoms with Crippen molar-refractivity contribution < 1.29 is 18.1 Å². The van der Waals surface area contributed by atoms with Gasteiger partial charge in [-0.3, -0.25) is 4.79 Å². The predicted octanol–water partition coefficient (Wildman–Crippen LogP) is 2.97. The van der Waals surface area contributed by atoms with Crippen molar-refractivity contribution in [2.75, 3.05) is 13.6 Å². The van der Waals surface area contributed by atoms with Crippen molar-refractivity contribution in [2.45, 2.75) is 31.6 Å². The lowest BCUT2D eigenvalue weighted by molar-refractivity contribution is -0.131. The maximum atomic E-state index is 13.2. The van der Waals surface area contributed by atoms with Crippen molar-refractivity contribution >= 4 is 5.91 Å². The Morgan fingerprint density at radius 1 is 1.30 bits per heavy atom. The molecule has 1 saturated heterocycles. The van der Waals surface area contributed by atoms with E-state index in [-0.39, 0.29) is 23.2 Å². The van der Waals surface area contributed by atoms with Crippen molar-refractivity contribution in [1.29, 1.82) is 0 Å². The normalized spacial score (nSPS) is 22.0. The summed E-state index contributed by atoms with van der Waals surface area (Å²) in [5.41, 5.74) is -0.337. The molecule has 1 unspecified atom stereocenters. The van der Waals surface area contributed by atoms with Gasteiger partial charge in [0.1, 0.15) is 5.41 Å². The molecule has 1 aliphatic rings. The molecule has 3 rings (SSSR count). The highest BCUT2D eigenvalue weighted by atomic mass is 19.3. The van der Waals surface area contributed by atoms with Crippen LogP contribution < -0.4 is 0 Å². The van der Waals surface area contributed by atoms with E-state index in [0.717, 1.165) is 6.92 Å². The minimum Gasteiger partial charge on any atom is -0.345 e. The van der Waals surface area contributed by atoms with Crippen molar-refractivity contribution in [3.8, 4) is 11.4 Å². The monoisotopic (exact) mass is 321 g/mol. The molecule has 7 heteroatoms. The molecule has 1 atom stereocenters. The van der Waals surface area contributed by atoms with Crippen LogP contribution in [0.25, 0.3) is 11.4 Å². The summed E-state index contributed by atoms with van der Waals surface area (Å²) in [5, 5.41) is 3.88. The second-order valence-electron chi connectivity index (χ2n) is 6.20. The van der Waals surface area contributed by atoms with Crippen LogP contribution in [-0.2, 0) is 16.1 Å². The van der Waals surface area contributed by atoms with Crippen LogP contribution in [0.4, 0.5) is 8.78 Å². The Morgan fingerprint density at radius 3 is 2.48 bits per heavy atom. The Labute approximate surface area is 132 Å². The van der Waals surface area contributed by atoms with E-state index >= 15 is 0 Å². The average molecular weight is 321 g/mol. The van der Waals surface area contributed by atoms with Gasteiger partial charge in [0.15, 0.2) is 0 Å². The number of alkyl halides is 2. The van der Waals surface area contributed by atoms with Crippen LogP contribution in [-0.4, -0.2) is 34.5 Å². The van der Waals surface area contributed by atoms with Gasteiger partial charge in [0.2, 0.25) is 17.6 Å². The smallest absolute Gasteiger partial charge is 0.270 e. The molecule has 0 spiro atoms. The number of likely N-dealkylation sites (N-methyl/N-ethyl adjacent to an activating group) is 1. The lowest BCUT2D eigenvalue weighted by Gasteiger charge is -2.16. The summed E-state index contributed by atoms with van der Waals surface area (Å²) in [6.45, 7) is 3.25. The minimum atomic E-state index is -2.89. The van der Waals surface area contributed by atoms with E-state index in [1.54, 1.807) is 18.9 Å². The molecule has 1 aromatic carbocycles. The van der Waals surface area contributed by atoms with Crippen LogP contribution in [0.2, 0.25) is 0 Å². The first-order valence-corrected chi connectivity index (χ1v) is 7.30. The lowest BCUT2D eigenvalue weighted by atomic mass is 9.89. The zero-order valence-corrected chi connectivity index (χ0v) is 13.1. The van der Waals surface area contributed by atoms with Crippen LogP contribution in [0.15, 0.2) is 28.8 Å². The molecule has 0 radical (unpaired) electrons. The number of benzene rings is 1. The van der Waals surface area contributed by atoms with Gasteiger partial charge in [-0.25, -0.2) is 8.78 Å². The highest BCUT2D eigenvalue weighted by molar-refractivity contribution is 5.88. The molecule has 2 aromatic rings. The van der Waals surface area contributed by atoms with Crippen LogP contribution in [0.3, 0.4) is 0 Å². The number of hydrogen-bond donors (Lipinski definition) is 0. The first kappa shape index (κ1) is 15.6. The number of aromatic nitrogens is 2. The van der Waals surface area contributed by atoms with Gasteiger partial charge < -0.3 is 9.42 Å². The first-order valence-electron chi connectivity index (χ1n) is 7.30. The number of halogens is 2. The van der Waals surface area contributed by atoms with Gasteiger partial charge >= 0.3 is 0 Å². The Balaban J connectivity index is 1.89. The van der Waals surface area contributed by atoms with Crippen molar-refractivity contribution in [1.82, 2.24) is 15.0 Å². The maximum absolute atomic E-state index is 13.2. The number of carbonyl (C=O) groups excluding carboxylic acids is 1. The number of likely N-dealkylation sites (tertiary alicyclic amines) is 1. The summed E-state index contributed by atoms with van der Waals surface area (Å²) in [6.07, 6.45) is 0.602. The summed E-state index contributed by atoms with van der Waals surface area (Å²) >= 11 is 0. The van der Waals surface area contributed by atoms with Crippen molar-refractivity contribution in [3.63, 3.8) is 0 Å². The van der Waals surface area contributed by atoms with E-state index < -0.39 is 11.3 Å². The molecule has 0 saturated carbocycles. The number of nitrogens with zero attached hydrogens (tertiary/aromatic N) is 3. The van der Waals surface area contributed by atoms with Gasteiger partial charge in [0.25, 0.3) is 5.92 Å². The molecule has 0 aliphatic carbocycles. The van der Waals surface area contributed by atoms with E-state index in [1.165, 1.54) is 24.3 Å². The van der Waals surface area contributed by atoms with Crippen molar-refractivity contribution in [2.24, 2.45) is 0 Å². The summed E-state index contributed by atoms with van der Waals surface area (Å²) in [6, 6.07) is 5.71. The maximum Gasteiger partial charge on any atom is 0.270 e. The number of rotatable bonds is 3. The molecular weight excluding hydrogens is 304 g/mol. The largest absolute Gasteiger partial charge is 0.345 e. The summed E-state index contributed by atoms with van der Waals surface area (Å²) in [7, 11) is 1.73. The molecule has 23 heavy (non-hydrogen) atoms. The Bertz CT molecular complexity index is 737. The van der Waals surface area contributed by atoms with Crippen LogP contribution in [0.1, 0.15) is 31.7 Å². The summed E-state index contributed by atoms with van der Waals surface area (Å²) < 4.78 is 31.7. The van der Waals surface area contributed by atoms with Gasteiger partial charge in [-0.15, -0.1) is 0 Å². The molecule has 1 amide bonds. The van der Waals surface area contributed by atoms with Crippen LogP contribution >= 0.6 is 0 Å². The Morgan fingerprint density at radius 2 is 1.96 bits per heavy atom. The first-order chi connectivity index (χ1) is 10.7. The van der Waals surface area contributed by atoms with E-state index in [2.05, 4.69) is 10.1 Å². The summed E-state index contributed by atoms with van der Waals surface area (Å²) in [4.78, 5) is 18.2. The zero-order chi connectivity index (χ0) is 16.8. The third-order valence-electron chi connectivity index (χ3n) is 4.31. The highest BCUT2D eigenvalue weighted by Crippen LogP contribution is 2.35. The van der Waals surface area contributed by atoms with Crippen LogP contribution in [0, 0.1) is 0 Å². The second kappa shape index (κ2) is 5.11. The quantitative estimate of drug-likeness (QED) is 0.872. The molecule has 122 valence electrons. The molecule has 1 aliphatic heterocycles. The molecular formula is C16H17F2N3O2. The Kier molecular flexibility index (Phi) is 3.46. The highest BCUT2D eigenvalue weighted by Gasteiger charge is 2.47. The Hall–Kier alpha value is -2.31. The SMILES string of the molecule is CN1CCC(C)(c2nc(-c3ccc(C(C)(F)F)cc3)no2)C1=O. The second-order valence-corrected chi connectivity index (χ2v) is 6.20. The fourth-order valence-corrected chi connectivity index (χ4v) is 2.70. The predicted molar refractivity (Wildman–Crippen MR) is 78.9 cm³/mol. The topological polar surface area (TPSA) is 59.2 Å². The minimum absolute atomic E-state index is 0.0614. The zero-order valence-electron chi connectivity index (χ0n) is 13.1. The fourth-order valence-electron chi connectivity index (χ4n) is 2.70. The summed E-state index contributed by atoms with van der Waals surface area (Å²) in [5.74, 6) is -2.41. The van der Waals surface area contributed by atoms with Gasteiger partial charge in [-0.1, -0.05) is 29.4 Å². The molecule has 1 aromatic heterocycles. The van der Waals surface area contributed by atoms with Gasteiger partial charge in [0.05, 0.1) is 0 Å². The number of carbonyl (C=O) groups is 1. The molecule has 0 N–H and O–H groups in total. The number of amides is 1. The third-order valence-corrected chi connectivity index (χ3v) is 4.31. The van der Waals surface area contributed by atoms with Crippen LogP contribution in [0.5, 0.6) is 0 Å². The standard InChI is InChI=1S/C16H17F2N3O2/c1-15(8-9-21(3)14(15)22)13-19-12(20-23-13)10-4-6-11(7-5-10)16(2,17)18/h4-7H,8-9H2,1-3H3. The molecule has 2 heterocycles. The lowest BCUT2D eigenvalue weighted by Crippen LogP contribution is -2.33. The van der Waals surface area contributed by atoms with Crippen molar-refractivity contribution in [3.05, 3.63) is 35.7 Å². The van der Waals surface area contributed by atoms with Gasteiger partial charge in [-0.2, -0.15) is 4.98 Å². The van der Waals surface area contributed by atoms with Gasteiger partial charge in [0, 0.05) is 31.6 Å². The molecule has 1 fully saturated rings. The number of hydrogen-bond acceptors (Lipinski definition) is 4. The fraction of sp³-hybridized carbons (Fsp3) is 0.438. The van der Waals surface area contributed by atoms with E-state index in [0.29, 0.717) is 18.5 Å². The van der Waals surface area contributed by atoms with E-state index in [1.807, 2.05) is 0 Å².